The van der Waals surface area contributed by atoms with Crippen molar-refractivity contribution in [2.45, 2.75) is 83.6 Å². The van der Waals surface area contributed by atoms with Crippen LogP contribution in [0.4, 0.5) is 31.3 Å². The number of rotatable bonds is 15. The molecule has 5 aromatic rings. The number of nitrogens with zero attached hydrogens (tertiary/aromatic N) is 4. The Bertz CT molecular complexity index is 2490. The van der Waals surface area contributed by atoms with Gasteiger partial charge in [0.15, 0.2) is 15.5 Å². The van der Waals surface area contributed by atoms with Gasteiger partial charge in [-0.25, -0.2) is 36.6 Å². The summed E-state index contributed by atoms with van der Waals surface area (Å²) < 4.78 is 61.9. The number of esters is 1. The molecule has 5 rings (SSSR count). The predicted octanol–water partition coefficient (Wildman–Crippen LogP) is 7.62. The largest absolute Gasteiger partial charge is 0.495 e. The van der Waals surface area contributed by atoms with E-state index >= 15 is 0 Å². The monoisotopic (exact) mass is 860 g/mol. The summed E-state index contributed by atoms with van der Waals surface area (Å²) in [6.07, 6.45) is -0.0896. The second kappa shape index (κ2) is 19.2. The molecule has 2 N–H and O–H groups in total. The zero-order valence-corrected chi connectivity index (χ0v) is 35.9. The van der Waals surface area contributed by atoms with Crippen molar-refractivity contribution in [1.29, 1.82) is 0 Å². The summed E-state index contributed by atoms with van der Waals surface area (Å²) in [6.45, 7) is 10.2. The molecule has 0 bridgehead atoms. The average Bonchev–Trinajstić information content (AvgIpc) is 3.60. The van der Waals surface area contributed by atoms with Crippen molar-refractivity contribution in [3.8, 4) is 16.9 Å². The maximum absolute atomic E-state index is 14.3. The minimum absolute atomic E-state index is 0.0151. The second-order valence-electron chi connectivity index (χ2n) is 15.4. The molecule has 0 aliphatic carbocycles. The van der Waals surface area contributed by atoms with E-state index in [0.717, 1.165) is 16.7 Å². The third-order valence-electron chi connectivity index (χ3n) is 8.90. The number of aromatic nitrogens is 3. The molecule has 0 saturated carbocycles. The van der Waals surface area contributed by atoms with Crippen molar-refractivity contribution in [1.82, 2.24) is 19.9 Å². The highest BCUT2D eigenvalue weighted by atomic mass is 32.2. The molecule has 2 atom stereocenters. The first-order valence-corrected chi connectivity index (χ1v) is 21.2. The van der Waals surface area contributed by atoms with Gasteiger partial charge in [-0.2, -0.15) is 4.98 Å². The van der Waals surface area contributed by atoms with Crippen molar-refractivity contribution in [2.24, 2.45) is 5.92 Å². The van der Waals surface area contributed by atoms with E-state index in [1.165, 1.54) is 42.0 Å². The summed E-state index contributed by atoms with van der Waals surface area (Å²) in [5, 5.41) is 9.94. The molecule has 0 aliphatic heterocycles. The summed E-state index contributed by atoms with van der Waals surface area (Å²) in [6, 6.07) is 18.9. The van der Waals surface area contributed by atoms with Gasteiger partial charge in [0, 0.05) is 36.2 Å². The summed E-state index contributed by atoms with van der Waals surface area (Å²) in [5.41, 5.74) is 2.19. The number of carbonyl (C=O) groups is 4. The van der Waals surface area contributed by atoms with E-state index in [0.29, 0.717) is 28.9 Å². The number of hydrogen-bond donors (Lipinski definition) is 2. The van der Waals surface area contributed by atoms with E-state index in [9.17, 15) is 32.0 Å². The summed E-state index contributed by atoms with van der Waals surface area (Å²) in [4.78, 5) is 58.4. The maximum Gasteiger partial charge on any atom is 0.424 e. The number of halogens is 1. The first kappa shape index (κ1) is 45.5. The lowest BCUT2D eigenvalue weighted by Gasteiger charge is -2.27. The Hall–Kier alpha value is -6.56. The molecule has 18 heteroatoms. The fourth-order valence-electron chi connectivity index (χ4n) is 5.91. The first-order valence-electron chi connectivity index (χ1n) is 19.3. The SMILES string of the molecule is CCCC(OC(=O)C(NC(=O)OC(C)(C)C)C(C)C)OC(=O)N(c1nc2ccc(-c3ccc(NC(=O)Cc4ccc(F)cc4)cc3)cn2n1)c1ccc(S(C)(=O)=O)cc1OC. The van der Waals surface area contributed by atoms with Crippen molar-refractivity contribution in [3.63, 3.8) is 0 Å². The van der Waals surface area contributed by atoms with Crippen LogP contribution in [0.25, 0.3) is 16.8 Å². The van der Waals surface area contributed by atoms with Gasteiger partial charge in [0.25, 0.3) is 5.95 Å². The number of sulfone groups is 1. The number of benzene rings is 3. The van der Waals surface area contributed by atoms with Gasteiger partial charge in [0.05, 0.1) is 24.1 Å². The van der Waals surface area contributed by atoms with Gasteiger partial charge in [-0.05, 0) is 92.8 Å². The lowest BCUT2D eigenvalue weighted by atomic mass is 10.1. The number of hydrogen-bond acceptors (Lipinski definition) is 12. The molecule has 16 nitrogen and oxygen atoms in total. The molecule has 2 unspecified atom stereocenters. The minimum Gasteiger partial charge on any atom is -0.495 e. The Morgan fingerprint density at radius 1 is 0.918 bits per heavy atom. The summed E-state index contributed by atoms with van der Waals surface area (Å²) >= 11 is 0. The molecule has 3 aromatic carbocycles. The Morgan fingerprint density at radius 3 is 2.20 bits per heavy atom. The van der Waals surface area contributed by atoms with Gasteiger partial charge in [-0.3, -0.25) is 4.79 Å². The van der Waals surface area contributed by atoms with Crippen LogP contribution in [0.1, 0.15) is 59.9 Å². The maximum atomic E-state index is 14.3. The van der Waals surface area contributed by atoms with Crippen LogP contribution in [-0.2, 0) is 40.1 Å². The number of pyridine rings is 1. The standard InChI is InChI=1S/C43H49FN6O10S/c1-9-10-37(58-39(52)38(26(2)3)47-41(53)60-43(4,5)6)59-42(54)50(33-21-20-32(61(8,55)56)24-34(33)57-7)40-46-35-22-15-29(25-49(35)48-40)28-13-18-31(19-14-28)45-36(51)23-27-11-16-30(44)17-12-27/h11-22,24-26,37-38H,9-10,23H2,1-8H3,(H,45,51)(H,47,53). The van der Waals surface area contributed by atoms with E-state index in [-0.39, 0.29) is 46.8 Å². The number of anilines is 3. The van der Waals surface area contributed by atoms with Crippen LogP contribution in [-0.4, -0.2) is 78.4 Å². The molecular formula is C43H49FN6O10S. The van der Waals surface area contributed by atoms with Crippen LogP contribution < -0.4 is 20.3 Å². The Labute approximate surface area is 353 Å². The van der Waals surface area contributed by atoms with Gasteiger partial charge in [0.2, 0.25) is 12.2 Å². The zero-order chi connectivity index (χ0) is 44.6. The summed E-state index contributed by atoms with van der Waals surface area (Å²) in [7, 11) is -2.39. The Kier molecular flexibility index (Phi) is 14.3. The molecular weight excluding hydrogens is 812 g/mol. The first-order chi connectivity index (χ1) is 28.7. The average molecular weight is 861 g/mol. The number of fused-ring (bicyclic) bond motifs is 1. The Balaban J connectivity index is 1.43. The third kappa shape index (κ3) is 12.3. The Morgan fingerprint density at radius 2 is 1.59 bits per heavy atom. The van der Waals surface area contributed by atoms with Crippen LogP contribution in [0.2, 0.25) is 0 Å². The second-order valence-corrected chi connectivity index (χ2v) is 17.4. The lowest BCUT2D eigenvalue weighted by Crippen LogP contribution is -2.48. The number of ether oxygens (including phenoxy) is 4. The van der Waals surface area contributed by atoms with E-state index < -0.39 is 51.8 Å². The van der Waals surface area contributed by atoms with E-state index in [1.807, 2.05) is 0 Å². The number of amides is 3. The number of methoxy groups -OCH3 is 1. The van der Waals surface area contributed by atoms with Crippen LogP contribution in [0.3, 0.4) is 0 Å². The van der Waals surface area contributed by atoms with Gasteiger partial charge < -0.3 is 29.6 Å². The van der Waals surface area contributed by atoms with Gasteiger partial charge in [-0.1, -0.05) is 45.0 Å². The predicted molar refractivity (Wildman–Crippen MR) is 225 cm³/mol. The molecule has 0 fully saturated rings. The highest BCUT2D eigenvalue weighted by molar-refractivity contribution is 7.90. The van der Waals surface area contributed by atoms with Crippen molar-refractivity contribution >= 4 is 56.9 Å². The highest BCUT2D eigenvalue weighted by Crippen LogP contribution is 2.36. The molecule has 324 valence electrons. The van der Waals surface area contributed by atoms with E-state index in [2.05, 4.69) is 20.7 Å². The van der Waals surface area contributed by atoms with Gasteiger partial charge in [0.1, 0.15) is 23.2 Å². The van der Waals surface area contributed by atoms with E-state index in [4.69, 9.17) is 18.9 Å². The van der Waals surface area contributed by atoms with Crippen LogP contribution in [0.15, 0.2) is 90.0 Å². The fraction of sp³-hybridized carbons (Fsp3) is 0.349. The smallest absolute Gasteiger partial charge is 0.424 e. The molecule has 61 heavy (non-hydrogen) atoms. The molecule has 0 aliphatic rings. The fourth-order valence-corrected chi connectivity index (χ4v) is 6.55. The van der Waals surface area contributed by atoms with Crippen molar-refractivity contribution < 1.29 is 50.9 Å². The number of alkyl carbamates (subject to hydrolysis) is 1. The van der Waals surface area contributed by atoms with Gasteiger partial charge >= 0.3 is 18.2 Å². The van der Waals surface area contributed by atoms with Crippen LogP contribution in [0.5, 0.6) is 5.75 Å². The normalized spacial score (nSPS) is 12.6. The molecule has 0 spiro atoms. The van der Waals surface area contributed by atoms with Crippen LogP contribution >= 0.6 is 0 Å². The third-order valence-corrected chi connectivity index (χ3v) is 10.0. The quantitative estimate of drug-likeness (QED) is 0.0773. The van der Waals surface area contributed by atoms with E-state index in [1.54, 1.807) is 96.3 Å². The van der Waals surface area contributed by atoms with Crippen LogP contribution in [0, 0.1) is 11.7 Å². The molecule has 2 aromatic heterocycles. The van der Waals surface area contributed by atoms with Crippen molar-refractivity contribution in [2.75, 3.05) is 23.6 Å². The van der Waals surface area contributed by atoms with Gasteiger partial charge in [-0.15, -0.1) is 5.10 Å². The highest BCUT2D eigenvalue weighted by Gasteiger charge is 2.34. The zero-order valence-electron chi connectivity index (χ0n) is 35.1. The number of carbonyl (C=O) groups excluding carboxylic acids is 4. The molecule has 0 radical (unpaired) electrons. The number of nitrogens with one attached hydrogen (secondary N) is 2. The van der Waals surface area contributed by atoms with Crippen molar-refractivity contribution in [3.05, 3.63) is 96.4 Å². The summed E-state index contributed by atoms with van der Waals surface area (Å²) in [5.74, 6) is -2.18. The lowest BCUT2D eigenvalue weighted by molar-refractivity contribution is -0.172. The molecule has 2 heterocycles. The topological polar surface area (TPSA) is 197 Å². The molecule has 0 saturated heterocycles. The molecule has 3 amide bonds. The minimum atomic E-state index is -3.69.